The first-order valence-electron chi connectivity index (χ1n) is 9.57. The second-order valence-corrected chi connectivity index (χ2v) is 6.89. The molecule has 1 aliphatic heterocycles. The van der Waals surface area contributed by atoms with Gasteiger partial charge in [-0.3, -0.25) is 4.79 Å². The molecule has 1 aliphatic rings. The molecule has 1 aromatic heterocycles. The van der Waals surface area contributed by atoms with Crippen LogP contribution in [0.15, 0.2) is 53.1 Å². The van der Waals surface area contributed by atoms with Gasteiger partial charge in [0.2, 0.25) is 11.7 Å². The number of carbonyl (C=O) groups is 1. The number of aryl methyl sites for hydroxylation is 1. The number of benzene rings is 2. The number of amides is 1. The van der Waals surface area contributed by atoms with Crippen LogP contribution in [0, 0.1) is 0 Å². The molecule has 2 aromatic carbocycles. The fourth-order valence-corrected chi connectivity index (χ4v) is 3.54. The van der Waals surface area contributed by atoms with Gasteiger partial charge >= 0.3 is 0 Å². The number of hydrogen-bond donors (Lipinski definition) is 0. The highest BCUT2D eigenvalue weighted by atomic mass is 16.5. The average molecular weight is 377 g/mol. The lowest BCUT2D eigenvalue weighted by Gasteiger charge is -2.22. The van der Waals surface area contributed by atoms with Gasteiger partial charge in [0.1, 0.15) is 11.8 Å². The van der Waals surface area contributed by atoms with E-state index < -0.39 is 0 Å². The Labute approximate surface area is 164 Å². The Balaban J connectivity index is 1.54. The molecule has 0 saturated carbocycles. The Bertz CT molecular complexity index is 948. The van der Waals surface area contributed by atoms with E-state index in [0.29, 0.717) is 23.8 Å². The first-order chi connectivity index (χ1) is 13.7. The number of rotatable bonds is 5. The summed E-state index contributed by atoms with van der Waals surface area (Å²) < 4.78 is 10.7. The van der Waals surface area contributed by atoms with Crippen molar-refractivity contribution in [2.24, 2.45) is 0 Å². The van der Waals surface area contributed by atoms with Gasteiger partial charge in [-0.25, -0.2) is 0 Å². The summed E-state index contributed by atoms with van der Waals surface area (Å²) >= 11 is 0. The van der Waals surface area contributed by atoms with Crippen LogP contribution in [0.5, 0.6) is 5.75 Å². The van der Waals surface area contributed by atoms with Crippen molar-refractivity contribution in [1.29, 1.82) is 0 Å². The van der Waals surface area contributed by atoms with Gasteiger partial charge in [-0.15, -0.1) is 0 Å². The molecule has 3 aromatic rings. The van der Waals surface area contributed by atoms with Crippen molar-refractivity contribution >= 4 is 5.91 Å². The minimum atomic E-state index is -0.183. The quantitative estimate of drug-likeness (QED) is 0.664. The number of carbonyl (C=O) groups excluding carboxylic acids is 1. The largest absolute Gasteiger partial charge is 0.497 e. The summed E-state index contributed by atoms with van der Waals surface area (Å²) in [6.45, 7) is 2.79. The number of nitrogens with zero attached hydrogens (tertiary/aromatic N) is 3. The SMILES string of the molecule is CCc1ccc(C(=O)N2CCC[C@@H]2c2nc(-c3ccc(OC)cc3)no2)cc1. The molecule has 2 heterocycles. The second-order valence-electron chi connectivity index (χ2n) is 6.89. The Hall–Kier alpha value is -3.15. The molecule has 0 unspecified atom stereocenters. The predicted molar refractivity (Wildman–Crippen MR) is 105 cm³/mol. The number of ether oxygens (including phenoxy) is 1. The molecule has 1 fully saturated rings. The number of likely N-dealkylation sites (tertiary alicyclic amines) is 1. The van der Waals surface area contributed by atoms with E-state index in [1.54, 1.807) is 7.11 Å². The maximum absolute atomic E-state index is 13.0. The van der Waals surface area contributed by atoms with E-state index in [0.717, 1.165) is 30.6 Å². The first kappa shape index (κ1) is 18.2. The van der Waals surface area contributed by atoms with Crippen molar-refractivity contribution in [3.05, 3.63) is 65.5 Å². The third kappa shape index (κ3) is 3.50. The van der Waals surface area contributed by atoms with Crippen LogP contribution in [0.4, 0.5) is 0 Å². The van der Waals surface area contributed by atoms with E-state index in [1.165, 1.54) is 5.56 Å². The Morgan fingerprint density at radius 2 is 1.93 bits per heavy atom. The Morgan fingerprint density at radius 1 is 1.18 bits per heavy atom. The van der Waals surface area contributed by atoms with Gasteiger partial charge in [0.15, 0.2) is 0 Å². The van der Waals surface area contributed by atoms with Crippen LogP contribution < -0.4 is 4.74 Å². The lowest BCUT2D eigenvalue weighted by Crippen LogP contribution is -2.30. The fraction of sp³-hybridized carbons (Fsp3) is 0.318. The van der Waals surface area contributed by atoms with E-state index in [2.05, 4.69) is 17.1 Å². The van der Waals surface area contributed by atoms with Gasteiger partial charge in [-0.2, -0.15) is 4.98 Å². The van der Waals surface area contributed by atoms with E-state index >= 15 is 0 Å². The zero-order valence-electron chi connectivity index (χ0n) is 16.1. The van der Waals surface area contributed by atoms with Gasteiger partial charge in [-0.05, 0) is 61.2 Å². The zero-order valence-corrected chi connectivity index (χ0v) is 16.1. The van der Waals surface area contributed by atoms with Crippen LogP contribution in [-0.2, 0) is 6.42 Å². The lowest BCUT2D eigenvalue weighted by atomic mass is 10.1. The minimum Gasteiger partial charge on any atom is -0.497 e. The molecule has 0 bridgehead atoms. The first-order valence-corrected chi connectivity index (χ1v) is 9.57. The molecule has 28 heavy (non-hydrogen) atoms. The van der Waals surface area contributed by atoms with Crippen LogP contribution in [0.2, 0.25) is 0 Å². The number of aromatic nitrogens is 2. The Kier molecular flexibility index (Phi) is 5.10. The van der Waals surface area contributed by atoms with Crippen molar-refractivity contribution in [2.45, 2.75) is 32.2 Å². The maximum Gasteiger partial charge on any atom is 0.254 e. The van der Waals surface area contributed by atoms with E-state index in [-0.39, 0.29) is 11.9 Å². The highest BCUT2D eigenvalue weighted by Crippen LogP contribution is 2.33. The van der Waals surface area contributed by atoms with Crippen molar-refractivity contribution in [3.8, 4) is 17.1 Å². The molecule has 0 radical (unpaired) electrons. The summed E-state index contributed by atoms with van der Waals surface area (Å²) in [6.07, 6.45) is 2.70. The van der Waals surface area contributed by atoms with E-state index in [1.807, 2.05) is 53.4 Å². The summed E-state index contributed by atoms with van der Waals surface area (Å²) in [7, 11) is 1.63. The van der Waals surface area contributed by atoms with Crippen molar-refractivity contribution in [2.75, 3.05) is 13.7 Å². The predicted octanol–water partition coefficient (Wildman–Crippen LogP) is 4.28. The summed E-state index contributed by atoms with van der Waals surface area (Å²) in [5, 5.41) is 4.11. The van der Waals surface area contributed by atoms with Crippen LogP contribution in [0.3, 0.4) is 0 Å². The lowest BCUT2D eigenvalue weighted by molar-refractivity contribution is 0.0710. The third-order valence-corrected chi connectivity index (χ3v) is 5.20. The molecule has 0 N–H and O–H groups in total. The highest BCUT2D eigenvalue weighted by molar-refractivity contribution is 5.94. The smallest absolute Gasteiger partial charge is 0.254 e. The van der Waals surface area contributed by atoms with Crippen LogP contribution >= 0.6 is 0 Å². The monoisotopic (exact) mass is 377 g/mol. The minimum absolute atomic E-state index is 0.00866. The molecule has 144 valence electrons. The van der Waals surface area contributed by atoms with Gasteiger partial charge in [0, 0.05) is 17.7 Å². The molecule has 6 nitrogen and oxygen atoms in total. The Morgan fingerprint density at radius 3 is 2.61 bits per heavy atom. The zero-order chi connectivity index (χ0) is 19.5. The summed E-state index contributed by atoms with van der Waals surface area (Å²) in [4.78, 5) is 19.4. The second kappa shape index (κ2) is 7.84. The van der Waals surface area contributed by atoms with E-state index in [9.17, 15) is 4.79 Å². The van der Waals surface area contributed by atoms with Crippen LogP contribution in [-0.4, -0.2) is 34.6 Å². The molecule has 0 spiro atoms. The molecule has 1 atom stereocenters. The molecular formula is C22H23N3O3. The van der Waals surface area contributed by atoms with Gasteiger partial charge < -0.3 is 14.2 Å². The molecule has 6 heteroatoms. The van der Waals surface area contributed by atoms with Crippen LogP contribution in [0.25, 0.3) is 11.4 Å². The van der Waals surface area contributed by atoms with Crippen molar-refractivity contribution in [3.63, 3.8) is 0 Å². The van der Waals surface area contributed by atoms with Gasteiger partial charge in [0.25, 0.3) is 5.91 Å². The molecule has 1 amide bonds. The maximum atomic E-state index is 13.0. The average Bonchev–Trinajstić information content (AvgIpc) is 3.43. The molecule has 4 rings (SSSR count). The van der Waals surface area contributed by atoms with Gasteiger partial charge in [0.05, 0.1) is 7.11 Å². The van der Waals surface area contributed by atoms with E-state index in [4.69, 9.17) is 9.26 Å². The normalized spacial score (nSPS) is 16.4. The summed E-state index contributed by atoms with van der Waals surface area (Å²) in [5.41, 5.74) is 2.76. The fourth-order valence-electron chi connectivity index (χ4n) is 3.54. The van der Waals surface area contributed by atoms with Crippen molar-refractivity contribution < 1.29 is 14.1 Å². The molecule has 1 saturated heterocycles. The van der Waals surface area contributed by atoms with Crippen molar-refractivity contribution in [1.82, 2.24) is 15.0 Å². The summed E-state index contributed by atoms with van der Waals surface area (Å²) in [5.74, 6) is 1.79. The number of hydrogen-bond acceptors (Lipinski definition) is 5. The molecule has 0 aliphatic carbocycles. The summed E-state index contributed by atoms with van der Waals surface area (Å²) in [6, 6.07) is 15.1. The highest BCUT2D eigenvalue weighted by Gasteiger charge is 2.34. The third-order valence-electron chi connectivity index (χ3n) is 5.20. The molecular weight excluding hydrogens is 354 g/mol. The standard InChI is InChI=1S/C22H23N3O3/c1-3-15-6-8-17(9-7-15)22(26)25-14-4-5-19(25)21-23-20(24-28-21)16-10-12-18(27-2)13-11-16/h6-13,19H,3-5,14H2,1-2H3/t19-/m1/s1. The van der Waals surface area contributed by atoms with Crippen LogP contribution in [0.1, 0.15) is 47.6 Å². The van der Waals surface area contributed by atoms with Gasteiger partial charge in [-0.1, -0.05) is 24.2 Å². The topological polar surface area (TPSA) is 68.5 Å². The number of methoxy groups -OCH3 is 1.